The minimum atomic E-state index is 0.495. The Bertz CT molecular complexity index is 524. The fourth-order valence-electron chi connectivity index (χ4n) is 3.71. The summed E-state index contributed by atoms with van der Waals surface area (Å²) in [5.41, 5.74) is 3.89. The van der Waals surface area contributed by atoms with Gasteiger partial charge < -0.3 is 10.1 Å². The summed E-state index contributed by atoms with van der Waals surface area (Å²) in [5.74, 6) is 1.24. The van der Waals surface area contributed by atoms with E-state index >= 15 is 0 Å². The van der Waals surface area contributed by atoms with Gasteiger partial charge in [0.1, 0.15) is 0 Å². The monoisotopic (exact) mass is 324 g/mol. The van der Waals surface area contributed by atoms with E-state index in [1.165, 1.54) is 42.2 Å². The molecule has 0 aliphatic carbocycles. The zero-order chi connectivity index (χ0) is 15.7. The highest BCUT2D eigenvalue weighted by Crippen LogP contribution is 2.45. The molecule has 2 aliphatic heterocycles. The first-order valence-corrected chi connectivity index (χ1v) is 9.09. The molecule has 3 rings (SSSR count). The molecule has 0 amide bonds. The predicted octanol–water partition coefficient (Wildman–Crippen LogP) is 1.33. The first-order valence-electron chi connectivity index (χ1n) is 8.11. The Morgan fingerprint density at radius 2 is 2.18 bits per heavy atom. The molecule has 22 heavy (non-hydrogen) atoms. The maximum absolute atomic E-state index is 5.12. The van der Waals surface area contributed by atoms with Crippen molar-refractivity contribution in [3.63, 3.8) is 0 Å². The zero-order valence-electron chi connectivity index (χ0n) is 14.2. The largest absolute Gasteiger partial charge is 0.383 e. The quantitative estimate of drug-likeness (QED) is 0.800. The molecule has 1 aromatic heterocycles. The molecular weight excluding hydrogens is 296 g/mol. The molecule has 5 nitrogen and oxygen atoms in total. The van der Waals surface area contributed by atoms with Crippen molar-refractivity contribution in [1.29, 1.82) is 0 Å². The molecule has 124 valence electrons. The lowest BCUT2D eigenvalue weighted by molar-refractivity contribution is 0.111. The molecule has 2 fully saturated rings. The third-order valence-electron chi connectivity index (χ3n) is 5.01. The van der Waals surface area contributed by atoms with E-state index in [1.807, 2.05) is 11.7 Å². The first-order chi connectivity index (χ1) is 10.5. The van der Waals surface area contributed by atoms with Gasteiger partial charge in [-0.15, -0.1) is 0 Å². The lowest BCUT2D eigenvalue weighted by atomic mass is 9.91. The first kappa shape index (κ1) is 16.3. The van der Waals surface area contributed by atoms with Crippen molar-refractivity contribution in [1.82, 2.24) is 20.0 Å². The number of likely N-dealkylation sites (tertiary alicyclic amines) is 1. The van der Waals surface area contributed by atoms with Crippen LogP contribution in [0.2, 0.25) is 0 Å². The van der Waals surface area contributed by atoms with Gasteiger partial charge in [-0.05, 0) is 20.3 Å². The second-order valence-corrected chi connectivity index (χ2v) is 8.25. The SMILES string of the molecule is COCCNC1CSC2(C1)CN(Cc1c(C)nn(C)c1C)C2. The number of nitrogens with one attached hydrogen (secondary N) is 1. The van der Waals surface area contributed by atoms with Crippen molar-refractivity contribution >= 4 is 11.8 Å². The van der Waals surface area contributed by atoms with E-state index in [2.05, 4.69) is 40.9 Å². The number of aromatic nitrogens is 2. The molecule has 3 heterocycles. The Morgan fingerprint density at radius 1 is 1.41 bits per heavy atom. The Hall–Kier alpha value is -0.560. The Kier molecular flexibility index (Phi) is 4.83. The van der Waals surface area contributed by atoms with Crippen LogP contribution in [-0.4, -0.2) is 64.6 Å². The second kappa shape index (κ2) is 6.51. The highest BCUT2D eigenvalue weighted by atomic mass is 32.2. The smallest absolute Gasteiger partial charge is 0.0641 e. The van der Waals surface area contributed by atoms with Gasteiger partial charge in [-0.2, -0.15) is 16.9 Å². The summed E-state index contributed by atoms with van der Waals surface area (Å²) < 4.78 is 7.61. The van der Waals surface area contributed by atoms with E-state index in [1.54, 1.807) is 7.11 Å². The average Bonchev–Trinajstić information content (AvgIpc) is 2.96. The summed E-state index contributed by atoms with van der Waals surface area (Å²) in [6.07, 6.45) is 1.29. The molecule has 0 saturated carbocycles. The summed E-state index contributed by atoms with van der Waals surface area (Å²) in [4.78, 5) is 2.57. The van der Waals surface area contributed by atoms with Gasteiger partial charge in [-0.1, -0.05) is 0 Å². The van der Waals surface area contributed by atoms with Gasteiger partial charge in [0.25, 0.3) is 0 Å². The number of hydrogen-bond acceptors (Lipinski definition) is 5. The number of hydrogen-bond donors (Lipinski definition) is 1. The average molecular weight is 324 g/mol. The van der Waals surface area contributed by atoms with Gasteiger partial charge in [0.2, 0.25) is 0 Å². The highest BCUT2D eigenvalue weighted by Gasteiger charge is 2.48. The normalized spacial score (nSPS) is 24.1. The number of aryl methyl sites for hydroxylation is 2. The van der Waals surface area contributed by atoms with E-state index in [0.29, 0.717) is 10.8 Å². The fourth-order valence-corrected chi connectivity index (χ4v) is 5.37. The molecule has 1 spiro atoms. The molecule has 1 unspecified atom stereocenters. The fraction of sp³-hybridized carbons (Fsp3) is 0.812. The minimum Gasteiger partial charge on any atom is -0.383 e. The van der Waals surface area contributed by atoms with E-state index < -0.39 is 0 Å². The Morgan fingerprint density at radius 3 is 2.82 bits per heavy atom. The van der Waals surface area contributed by atoms with Gasteiger partial charge in [0, 0.05) is 68.1 Å². The summed E-state index contributed by atoms with van der Waals surface area (Å²) in [7, 11) is 3.80. The van der Waals surface area contributed by atoms with Crippen LogP contribution in [0.4, 0.5) is 0 Å². The van der Waals surface area contributed by atoms with Crippen molar-refractivity contribution in [2.45, 2.75) is 37.6 Å². The zero-order valence-corrected chi connectivity index (χ0v) is 15.0. The Labute approximate surface area is 137 Å². The molecule has 1 aromatic rings. The summed E-state index contributed by atoms with van der Waals surface area (Å²) in [6, 6.07) is 0.657. The van der Waals surface area contributed by atoms with Gasteiger partial charge in [-0.3, -0.25) is 9.58 Å². The predicted molar refractivity (Wildman–Crippen MR) is 91.4 cm³/mol. The maximum Gasteiger partial charge on any atom is 0.0641 e. The van der Waals surface area contributed by atoms with Crippen LogP contribution >= 0.6 is 11.8 Å². The van der Waals surface area contributed by atoms with Crippen LogP contribution in [0, 0.1) is 13.8 Å². The lowest BCUT2D eigenvalue weighted by Crippen LogP contribution is -2.58. The van der Waals surface area contributed by atoms with Crippen LogP contribution in [0.25, 0.3) is 0 Å². The van der Waals surface area contributed by atoms with Gasteiger partial charge in [0.05, 0.1) is 12.3 Å². The lowest BCUT2D eigenvalue weighted by Gasteiger charge is -2.47. The number of rotatable bonds is 6. The number of thioether (sulfide) groups is 1. The van der Waals surface area contributed by atoms with Crippen LogP contribution in [-0.2, 0) is 18.3 Å². The van der Waals surface area contributed by atoms with E-state index in [-0.39, 0.29) is 0 Å². The molecule has 1 N–H and O–H groups in total. The van der Waals surface area contributed by atoms with Crippen molar-refractivity contribution < 1.29 is 4.74 Å². The molecule has 0 aromatic carbocycles. The number of methoxy groups -OCH3 is 1. The van der Waals surface area contributed by atoms with Crippen molar-refractivity contribution in [2.24, 2.45) is 7.05 Å². The van der Waals surface area contributed by atoms with Crippen molar-refractivity contribution in [2.75, 3.05) is 39.1 Å². The second-order valence-electron chi connectivity index (χ2n) is 6.76. The molecule has 1 atom stereocenters. The van der Waals surface area contributed by atoms with Gasteiger partial charge in [0.15, 0.2) is 0 Å². The van der Waals surface area contributed by atoms with E-state index in [0.717, 1.165) is 19.7 Å². The van der Waals surface area contributed by atoms with Crippen LogP contribution in [0.1, 0.15) is 23.4 Å². The summed E-state index contributed by atoms with van der Waals surface area (Å²) in [6.45, 7) is 9.55. The van der Waals surface area contributed by atoms with Gasteiger partial charge >= 0.3 is 0 Å². The molecule has 2 saturated heterocycles. The molecule has 0 bridgehead atoms. The molecular formula is C16H28N4OS. The number of nitrogens with zero attached hydrogens (tertiary/aromatic N) is 3. The standard InChI is InChI=1S/C16H28N4OS/c1-12-15(13(2)19(3)18-12)8-20-10-16(11-20)7-14(9-22-16)17-5-6-21-4/h14,17H,5-11H2,1-4H3. The van der Waals surface area contributed by atoms with Crippen LogP contribution in [0.15, 0.2) is 0 Å². The summed E-state index contributed by atoms with van der Waals surface area (Å²) >= 11 is 2.16. The molecule has 2 aliphatic rings. The Balaban J connectivity index is 1.48. The van der Waals surface area contributed by atoms with Crippen LogP contribution < -0.4 is 5.32 Å². The van der Waals surface area contributed by atoms with E-state index in [4.69, 9.17) is 4.74 Å². The van der Waals surface area contributed by atoms with Gasteiger partial charge in [-0.25, -0.2) is 0 Å². The van der Waals surface area contributed by atoms with Crippen LogP contribution in [0.5, 0.6) is 0 Å². The third-order valence-corrected chi connectivity index (χ3v) is 6.62. The minimum absolute atomic E-state index is 0.495. The van der Waals surface area contributed by atoms with Crippen molar-refractivity contribution in [3.05, 3.63) is 17.0 Å². The topological polar surface area (TPSA) is 42.3 Å². The number of ether oxygens (including phenoxy) is 1. The summed E-state index contributed by atoms with van der Waals surface area (Å²) in [5, 5.41) is 8.14. The van der Waals surface area contributed by atoms with Crippen LogP contribution in [0.3, 0.4) is 0 Å². The molecule has 6 heteroatoms. The molecule has 0 radical (unpaired) electrons. The van der Waals surface area contributed by atoms with Crippen molar-refractivity contribution in [3.8, 4) is 0 Å². The van der Waals surface area contributed by atoms with E-state index in [9.17, 15) is 0 Å². The maximum atomic E-state index is 5.12. The highest BCUT2D eigenvalue weighted by molar-refractivity contribution is 8.01. The third kappa shape index (κ3) is 3.20.